The molecule has 0 aliphatic heterocycles. The van der Waals surface area contributed by atoms with E-state index in [2.05, 4.69) is 38.2 Å². The molecule has 0 aromatic carbocycles. The fraction of sp³-hybridized carbons (Fsp3) is 0.765. The summed E-state index contributed by atoms with van der Waals surface area (Å²) in [5.41, 5.74) is 0. The van der Waals surface area contributed by atoms with Gasteiger partial charge in [0.15, 0.2) is 0 Å². The summed E-state index contributed by atoms with van der Waals surface area (Å²) < 4.78 is 0. The molecule has 100 valence electrons. The van der Waals surface area contributed by atoms with E-state index >= 15 is 0 Å². The first-order valence-electron chi connectivity index (χ1n) is 7.71. The first-order valence-corrected chi connectivity index (χ1v) is 7.71. The Labute approximate surface area is 109 Å². The van der Waals surface area contributed by atoms with E-state index in [1.165, 1.54) is 70.6 Å². The zero-order valence-electron chi connectivity index (χ0n) is 12.1. The molecule has 0 bridgehead atoms. The van der Waals surface area contributed by atoms with Crippen molar-refractivity contribution in [2.45, 2.75) is 84.5 Å². The van der Waals surface area contributed by atoms with E-state index < -0.39 is 0 Å². The Hall–Kier alpha value is -0.520. The van der Waals surface area contributed by atoms with Gasteiger partial charge in [-0.15, -0.1) is 0 Å². The summed E-state index contributed by atoms with van der Waals surface area (Å²) in [7, 11) is 0. The Balaban J connectivity index is 3.01. The maximum Gasteiger partial charge on any atom is -0.0351 e. The molecule has 0 saturated heterocycles. The average molecular weight is 236 g/mol. The monoisotopic (exact) mass is 236 g/mol. The quantitative estimate of drug-likeness (QED) is 0.270. The maximum atomic E-state index is 2.36. The largest absolute Gasteiger partial charge is 0.0888 e. The topological polar surface area (TPSA) is 0 Å². The summed E-state index contributed by atoms with van der Waals surface area (Å²) in [5, 5.41) is 0. The molecule has 0 nitrogen and oxygen atoms in total. The molecule has 0 aliphatic rings. The lowest BCUT2D eigenvalue weighted by molar-refractivity contribution is 0.599. The summed E-state index contributed by atoms with van der Waals surface area (Å²) in [6.07, 6.45) is 24.1. The summed E-state index contributed by atoms with van der Waals surface area (Å²) in [5.74, 6) is 0. The minimum absolute atomic E-state index is 1.19. The highest BCUT2D eigenvalue weighted by molar-refractivity contribution is 4.81. The molecular weight excluding hydrogens is 204 g/mol. The van der Waals surface area contributed by atoms with Crippen LogP contribution in [0.4, 0.5) is 0 Å². The fourth-order valence-electron chi connectivity index (χ4n) is 1.92. The van der Waals surface area contributed by atoms with Crippen molar-refractivity contribution in [1.29, 1.82) is 0 Å². The van der Waals surface area contributed by atoms with E-state index in [1.54, 1.807) is 0 Å². The van der Waals surface area contributed by atoms with Gasteiger partial charge in [0.05, 0.1) is 0 Å². The molecule has 17 heavy (non-hydrogen) atoms. The van der Waals surface area contributed by atoms with Crippen LogP contribution in [-0.2, 0) is 0 Å². The lowest BCUT2D eigenvalue weighted by atomic mass is 10.1. The second kappa shape index (κ2) is 15.5. The van der Waals surface area contributed by atoms with Crippen molar-refractivity contribution in [3.8, 4) is 0 Å². The van der Waals surface area contributed by atoms with E-state index in [4.69, 9.17) is 0 Å². The van der Waals surface area contributed by atoms with Gasteiger partial charge in [-0.25, -0.2) is 0 Å². The Morgan fingerprint density at radius 3 is 1.53 bits per heavy atom. The number of rotatable bonds is 12. The van der Waals surface area contributed by atoms with Crippen molar-refractivity contribution >= 4 is 0 Å². The molecule has 0 fully saturated rings. The van der Waals surface area contributed by atoms with E-state index in [0.29, 0.717) is 0 Å². The number of unbranched alkanes of at least 4 members (excludes halogenated alkanes) is 8. The van der Waals surface area contributed by atoms with Gasteiger partial charge in [0.1, 0.15) is 0 Å². The Morgan fingerprint density at radius 1 is 0.529 bits per heavy atom. The van der Waals surface area contributed by atoms with Gasteiger partial charge in [-0.05, 0) is 38.5 Å². The average Bonchev–Trinajstić information content (AvgIpc) is 2.35. The normalized spacial score (nSPS) is 11.9. The number of hydrogen-bond donors (Lipinski definition) is 0. The summed E-state index contributed by atoms with van der Waals surface area (Å²) in [6.45, 7) is 4.44. The van der Waals surface area contributed by atoms with Crippen molar-refractivity contribution < 1.29 is 0 Å². The molecule has 0 spiro atoms. The molecule has 0 unspecified atom stereocenters. The SMILES string of the molecule is CCC=CCCCCCCCCC=CCCC. The summed E-state index contributed by atoms with van der Waals surface area (Å²) >= 11 is 0. The number of hydrogen-bond acceptors (Lipinski definition) is 0. The van der Waals surface area contributed by atoms with Crippen LogP contribution < -0.4 is 0 Å². The minimum atomic E-state index is 1.19. The van der Waals surface area contributed by atoms with Gasteiger partial charge in [-0.2, -0.15) is 0 Å². The van der Waals surface area contributed by atoms with Crippen LogP contribution in [0.15, 0.2) is 24.3 Å². The van der Waals surface area contributed by atoms with Gasteiger partial charge in [0.25, 0.3) is 0 Å². The van der Waals surface area contributed by atoms with Crippen LogP contribution in [0.2, 0.25) is 0 Å². The summed E-state index contributed by atoms with van der Waals surface area (Å²) in [4.78, 5) is 0. The molecule has 0 aliphatic carbocycles. The molecule has 0 rings (SSSR count). The van der Waals surface area contributed by atoms with Gasteiger partial charge in [0, 0.05) is 0 Å². The first-order chi connectivity index (χ1) is 8.41. The fourth-order valence-corrected chi connectivity index (χ4v) is 1.92. The highest BCUT2D eigenvalue weighted by atomic mass is 14.0. The standard InChI is InChI=1S/C17H32/c1-3-5-7-9-11-13-15-17-16-14-12-10-8-6-4-2/h5,7-8,10H,3-4,6,9,11-17H2,1-2H3. The summed E-state index contributed by atoms with van der Waals surface area (Å²) in [6, 6.07) is 0. The Kier molecular flexibility index (Phi) is 15.0. The maximum absolute atomic E-state index is 2.36. The first kappa shape index (κ1) is 16.5. The Morgan fingerprint density at radius 2 is 1.00 bits per heavy atom. The smallest absolute Gasteiger partial charge is 0.0351 e. The zero-order chi connectivity index (χ0) is 12.6. The van der Waals surface area contributed by atoms with Crippen LogP contribution in [0.25, 0.3) is 0 Å². The molecule has 0 N–H and O–H groups in total. The van der Waals surface area contributed by atoms with Crippen molar-refractivity contribution in [3.63, 3.8) is 0 Å². The highest BCUT2D eigenvalue weighted by Gasteiger charge is 1.89. The second-order valence-corrected chi connectivity index (χ2v) is 4.84. The van der Waals surface area contributed by atoms with Gasteiger partial charge in [-0.3, -0.25) is 0 Å². The predicted molar refractivity (Wildman–Crippen MR) is 80.4 cm³/mol. The third-order valence-electron chi connectivity index (χ3n) is 3.02. The van der Waals surface area contributed by atoms with Crippen LogP contribution in [-0.4, -0.2) is 0 Å². The molecule has 0 amide bonds. The van der Waals surface area contributed by atoms with Crippen molar-refractivity contribution in [2.75, 3.05) is 0 Å². The molecule has 0 saturated carbocycles. The number of allylic oxidation sites excluding steroid dienone is 4. The molecule has 0 atom stereocenters. The van der Waals surface area contributed by atoms with E-state index in [0.717, 1.165) is 0 Å². The van der Waals surface area contributed by atoms with Gasteiger partial charge >= 0.3 is 0 Å². The minimum Gasteiger partial charge on any atom is -0.0888 e. The third kappa shape index (κ3) is 15.5. The lowest BCUT2D eigenvalue weighted by Crippen LogP contribution is -1.79. The lowest BCUT2D eigenvalue weighted by Gasteiger charge is -1.99. The van der Waals surface area contributed by atoms with Crippen molar-refractivity contribution in [2.24, 2.45) is 0 Å². The Bertz CT molecular complexity index is 176. The van der Waals surface area contributed by atoms with E-state index in [-0.39, 0.29) is 0 Å². The highest BCUT2D eigenvalue weighted by Crippen LogP contribution is 2.09. The molecule has 0 heteroatoms. The van der Waals surface area contributed by atoms with Crippen molar-refractivity contribution in [1.82, 2.24) is 0 Å². The molecule has 0 aromatic rings. The van der Waals surface area contributed by atoms with Crippen molar-refractivity contribution in [3.05, 3.63) is 24.3 Å². The third-order valence-corrected chi connectivity index (χ3v) is 3.02. The van der Waals surface area contributed by atoms with E-state index in [9.17, 15) is 0 Å². The second-order valence-electron chi connectivity index (χ2n) is 4.84. The molecule has 0 radical (unpaired) electrons. The van der Waals surface area contributed by atoms with Crippen LogP contribution in [0.3, 0.4) is 0 Å². The molecular formula is C17H32. The van der Waals surface area contributed by atoms with Gasteiger partial charge < -0.3 is 0 Å². The van der Waals surface area contributed by atoms with E-state index in [1.807, 2.05) is 0 Å². The van der Waals surface area contributed by atoms with Crippen LogP contribution in [0.1, 0.15) is 84.5 Å². The van der Waals surface area contributed by atoms with Crippen LogP contribution >= 0.6 is 0 Å². The zero-order valence-corrected chi connectivity index (χ0v) is 12.1. The van der Waals surface area contributed by atoms with Gasteiger partial charge in [-0.1, -0.05) is 70.3 Å². The van der Waals surface area contributed by atoms with Crippen LogP contribution in [0.5, 0.6) is 0 Å². The van der Waals surface area contributed by atoms with Gasteiger partial charge in [0.2, 0.25) is 0 Å². The van der Waals surface area contributed by atoms with Crippen LogP contribution in [0, 0.1) is 0 Å². The predicted octanol–water partition coefficient (Wildman–Crippen LogP) is 6.43. The molecule has 0 heterocycles. The molecule has 0 aromatic heterocycles.